The van der Waals surface area contributed by atoms with Gasteiger partial charge in [0.1, 0.15) is 0 Å². The summed E-state index contributed by atoms with van der Waals surface area (Å²) in [4.78, 5) is 11.8. The molecule has 0 saturated carbocycles. The van der Waals surface area contributed by atoms with Crippen molar-refractivity contribution in [2.75, 3.05) is 5.32 Å². The lowest BCUT2D eigenvalue weighted by Crippen LogP contribution is -2.12. The van der Waals surface area contributed by atoms with Crippen LogP contribution in [0.15, 0.2) is 6.07 Å². The summed E-state index contributed by atoms with van der Waals surface area (Å²) in [5.74, 6) is -0.631. The van der Waals surface area contributed by atoms with Crippen molar-refractivity contribution >= 4 is 22.4 Å². The smallest absolute Gasteiger partial charge is 0.295 e. The Morgan fingerprint density at radius 2 is 2.20 bits per heavy atom. The number of halogens is 3. The zero-order chi connectivity index (χ0) is 14.8. The van der Waals surface area contributed by atoms with E-state index in [9.17, 15) is 18.0 Å². The Bertz CT molecular complexity index is 606. The van der Waals surface area contributed by atoms with Gasteiger partial charge in [-0.25, -0.2) is 0 Å². The van der Waals surface area contributed by atoms with Crippen molar-refractivity contribution < 1.29 is 18.0 Å². The first kappa shape index (κ1) is 14.4. The van der Waals surface area contributed by atoms with E-state index in [4.69, 9.17) is 0 Å². The number of alkyl halides is 3. The number of hydrogen-bond donors (Lipinski definition) is 2. The van der Waals surface area contributed by atoms with Gasteiger partial charge in [0.25, 0.3) is 5.91 Å². The first-order valence-corrected chi connectivity index (χ1v) is 6.48. The van der Waals surface area contributed by atoms with Gasteiger partial charge in [-0.1, -0.05) is 24.7 Å². The van der Waals surface area contributed by atoms with E-state index in [1.807, 2.05) is 6.92 Å². The monoisotopic (exact) mass is 305 g/mol. The fourth-order valence-electron chi connectivity index (χ4n) is 1.42. The van der Waals surface area contributed by atoms with Gasteiger partial charge in [-0.15, -0.1) is 10.2 Å². The summed E-state index contributed by atoms with van der Waals surface area (Å²) < 4.78 is 37.0. The summed E-state index contributed by atoms with van der Waals surface area (Å²) in [7, 11) is 0. The highest BCUT2D eigenvalue weighted by atomic mass is 32.1. The highest BCUT2D eigenvalue weighted by molar-refractivity contribution is 7.15. The van der Waals surface area contributed by atoms with Crippen molar-refractivity contribution in [2.45, 2.75) is 25.9 Å². The molecule has 0 radical (unpaired) electrons. The molecule has 0 aromatic carbocycles. The van der Waals surface area contributed by atoms with Crippen molar-refractivity contribution in [1.29, 1.82) is 0 Å². The molecule has 2 aromatic rings. The molecule has 0 bridgehead atoms. The maximum absolute atomic E-state index is 12.3. The number of anilines is 1. The Morgan fingerprint density at radius 1 is 1.45 bits per heavy atom. The van der Waals surface area contributed by atoms with E-state index in [-0.39, 0.29) is 22.2 Å². The molecule has 2 rings (SSSR count). The standard InChI is InChI=1S/C10H10F3N5OS/c1-2-3-5-4-6(16-15-5)7(19)14-9-18-17-8(20-9)10(11,12)13/h4H,2-3H2,1H3,(H,15,16)(H,14,18,19). The summed E-state index contributed by atoms with van der Waals surface area (Å²) >= 11 is 0.263. The number of nitrogens with one attached hydrogen (secondary N) is 2. The SMILES string of the molecule is CCCc1cc(C(=O)Nc2nnc(C(F)(F)F)s2)n[nH]1. The van der Waals surface area contributed by atoms with Gasteiger partial charge in [-0.05, 0) is 12.5 Å². The molecular formula is C10H10F3N5OS. The molecule has 108 valence electrons. The second-order valence-corrected chi connectivity index (χ2v) is 4.87. The summed E-state index contributed by atoms with van der Waals surface area (Å²) in [6, 6.07) is 1.55. The van der Waals surface area contributed by atoms with Crippen LogP contribution in [0.2, 0.25) is 0 Å². The van der Waals surface area contributed by atoms with Crippen LogP contribution in [-0.2, 0) is 12.6 Å². The summed E-state index contributed by atoms with van der Waals surface area (Å²) in [5, 5.41) is 13.6. The number of aryl methyl sites for hydroxylation is 1. The Balaban J connectivity index is 2.05. The van der Waals surface area contributed by atoms with Crippen LogP contribution in [0.4, 0.5) is 18.3 Å². The topological polar surface area (TPSA) is 83.6 Å². The molecule has 10 heteroatoms. The zero-order valence-electron chi connectivity index (χ0n) is 10.3. The number of carbonyl (C=O) groups excluding carboxylic acids is 1. The molecule has 0 saturated heterocycles. The minimum atomic E-state index is -4.57. The average Bonchev–Trinajstić information content (AvgIpc) is 2.97. The van der Waals surface area contributed by atoms with E-state index in [2.05, 4.69) is 25.7 Å². The Kier molecular flexibility index (Phi) is 4.02. The highest BCUT2D eigenvalue weighted by Crippen LogP contribution is 2.33. The van der Waals surface area contributed by atoms with Crippen molar-refractivity contribution in [2.24, 2.45) is 0 Å². The number of carbonyl (C=O) groups is 1. The molecule has 0 spiro atoms. The lowest BCUT2D eigenvalue weighted by molar-refractivity contribution is -0.138. The van der Waals surface area contributed by atoms with Crippen LogP contribution in [0.1, 0.15) is 34.5 Å². The maximum atomic E-state index is 12.3. The summed E-state index contributed by atoms with van der Waals surface area (Å²) in [6.07, 6.45) is -2.95. The van der Waals surface area contributed by atoms with E-state index in [0.29, 0.717) is 0 Å². The van der Waals surface area contributed by atoms with E-state index in [1.54, 1.807) is 6.07 Å². The van der Waals surface area contributed by atoms with Gasteiger partial charge in [0.15, 0.2) is 5.69 Å². The van der Waals surface area contributed by atoms with Crippen LogP contribution < -0.4 is 5.32 Å². The van der Waals surface area contributed by atoms with Crippen LogP contribution in [0, 0.1) is 0 Å². The Hall–Kier alpha value is -1.97. The van der Waals surface area contributed by atoms with E-state index in [0.717, 1.165) is 18.5 Å². The number of amides is 1. The van der Waals surface area contributed by atoms with Crippen molar-refractivity contribution in [3.8, 4) is 0 Å². The number of rotatable bonds is 4. The van der Waals surface area contributed by atoms with Gasteiger partial charge in [0.2, 0.25) is 10.1 Å². The third-order valence-corrected chi connectivity index (χ3v) is 3.15. The van der Waals surface area contributed by atoms with Gasteiger partial charge in [0, 0.05) is 5.69 Å². The van der Waals surface area contributed by atoms with Gasteiger partial charge in [-0.2, -0.15) is 18.3 Å². The number of aromatic nitrogens is 4. The predicted molar refractivity (Wildman–Crippen MR) is 65.4 cm³/mol. The molecular weight excluding hydrogens is 295 g/mol. The lowest BCUT2D eigenvalue weighted by Gasteiger charge is -1.98. The van der Waals surface area contributed by atoms with Crippen molar-refractivity contribution in [3.63, 3.8) is 0 Å². The van der Waals surface area contributed by atoms with Crippen LogP contribution in [0.25, 0.3) is 0 Å². The molecule has 20 heavy (non-hydrogen) atoms. The van der Waals surface area contributed by atoms with Crippen LogP contribution >= 0.6 is 11.3 Å². The molecule has 1 amide bonds. The predicted octanol–water partition coefficient (Wildman–Crippen LogP) is 2.48. The quantitative estimate of drug-likeness (QED) is 0.909. The normalized spacial score (nSPS) is 11.6. The Morgan fingerprint density at radius 3 is 2.80 bits per heavy atom. The van der Waals surface area contributed by atoms with E-state index >= 15 is 0 Å². The minimum absolute atomic E-state index is 0.0946. The maximum Gasteiger partial charge on any atom is 0.445 e. The summed E-state index contributed by atoms with van der Waals surface area (Å²) in [6.45, 7) is 1.97. The second kappa shape index (κ2) is 5.57. The fourth-order valence-corrected chi connectivity index (χ4v) is 2.03. The van der Waals surface area contributed by atoms with Crippen molar-refractivity contribution in [3.05, 3.63) is 22.5 Å². The van der Waals surface area contributed by atoms with Gasteiger partial charge in [-0.3, -0.25) is 15.2 Å². The number of nitrogens with zero attached hydrogens (tertiary/aromatic N) is 3. The molecule has 0 aliphatic rings. The number of hydrogen-bond acceptors (Lipinski definition) is 5. The number of aromatic amines is 1. The van der Waals surface area contributed by atoms with Crippen LogP contribution in [0.5, 0.6) is 0 Å². The van der Waals surface area contributed by atoms with Crippen LogP contribution in [0.3, 0.4) is 0 Å². The molecule has 0 unspecified atom stereocenters. The van der Waals surface area contributed by atoms with Gasteiger partial charge in [0.05, 0.1) is 0 Å². The lowest BCUT2D eigenvalue weighted by atomic mass is 10.2. The first-order chi connectivity index (χ1) is 9.40. The third-order valence-electron chi connectivity index (χ3n) is 2.27. The zero-order valence-corrected chi connectivity index (χ0v) is 11.1. The Labute approximate surface area is 115 Å². The molecule has 2 N–H and O–H groups in total. The fraction of sp³-hybridized carbons (Fsp3) is 0.400. The molecule has 0 aliphatic heterocycles. The molecule has 2 heterocycles. The molecule has 2 aromatic heterocycles. The highest BCUT2D eigenvalue weighted by Gasteiger charge is 2.35. The molecule has 6 nitrogen and oxygen atoms in total. The molecule has 0 atom stereocenters. The minimum Gasteiger partial charge on any atom is -0.295 e. The molecule has 0 fully saturated rings. The largest absolute Gasteiger partial charge is 0.445 e. The summed E-state index contributed by atoms with van der Waals surface area (Å²) in [5.41, 5.74) is 0.878. The average molecular weight is 305 g/mol. The van der Waals surface area contributed by atoms with Gasteiger partial charge >= 0.3 is 6.18 Å². The van der Waals surface area contributed by atoms with E-state index in [1.165, 1.54) is 0 Å². The number of H-pyrrole nitrogens is 1. The van der Waals surface area contributed by atoms with Crippen LogP contribution in [-0.4, -0.2) is 26.3 Å². The van der Waals surface area contributed by atoms with Crippen molar-refractivity contribution in [1.82, 2.24) is 20.4 Å². The molecule has 0 aliphatic carbocycles. The van der Waals surface area contributed by atoms with E-state index < -0.39 is 17.1 Å². The second-order valence-electron chi connectivity index (χ2n) is 3.89. The van der Waals surface area contributed by atoms with Gasteiger partial charge < -0.3 is 0 Å². The first-order valence-electron chi connectivity index (χ1n) is 5.66. The third kappa shape index (κ3) is 3.32.